The van der Waals surface area contributed by atoms with Crippen molar-refractivity contribution in [2.24, 2.45) is 0 Å². The first-order valence-electron chi connectivity index (χ1n) is 17.5. The second kappa shape index (κ2) is 23.3. The van der Waals surface area contributed by atoms with E-state index >= 15 is 0 Å². The van der Waals surface area contributed by atoms with Crippen LogP contribution in [0.1, 0.15) is 104 Å². The van der Waals surface area contributed by atoms with Crippen molar-refractivity contribution in [3.05, 3.63) is 12.2 Å². The molecular weight excluding hydrogens is 648 g/mol. The standard InChI is InChI=1S/C34H58O15/c1-21(17-15-13-11-9-7-5-4-6-8-10-12-14-16-18-26(37)38)46-34-32(30(42)28(40)25(48-34)20-45-23(3)36)49-33-31(43)29(41)27(39)24(47-33)19-44-22(2)35/h4-5,21,24-25,27-34,39-43H,6-20H2,1-3H3,(H,37,38)/b5-4-/t21?,24?,25?,27-,28-,29?,30?,31+,32+,33+,34-/m1/s1. The van der Waals surface area contributed by atoms with Crippen LogP contribution in [0, 0.1) is 0 Å². The Morgan fingerprint density at radius 3 is 1.69 bits per heavy atom. The molecule has 2 aliphatic heterocycles. The summed E-state index contributed by atoms with van der Waals surface area (Å²) in [5.74, 6) is -2.00. The molecule has 11 atom stereocenters. The maximum Gasteiger partial charge on any atom is 0.303 e. The Morgan fingerprint density at radius 2 is 1.14 bits per heavy atom. The Hall–Kier alpha value is -2.21. The molecular formula is C34H58O15. The van der Waals surface area contributed by atoms with Gasteiger partial charge in [0.15, 0.2) is 12.6 Å². The van der Waals surface area contributed by atoms with Crippen molar-refractivity contribution in [1.82, 2.24) is 0 Å². The predicted octanol–water partition coefficient (Wildman–Crippen LogP) is 1.87. The van der Waals surface area contributed by atoms with Gasteiger partial charge in [0.25, 0.3) is 0 Å². The van der Waals surface area contributed by atoms with Crippen LogP contribution >= 0.6 is 0 Å². The predicted molar refractivity (Wildman–Crippen MR) is 173 cm³/mol. The average Bonchev–Trinajstić information content (AvgIpc) is 3.04. The molecule has 0 aromatic heterocycles. The minimum absolute atomic E-state index is 0.245. The van der Waals surface area contributed by atoms with Gasteiger partial charge in [0.2, 0.25) is 0 Å². The van der Waals surface area contributed by atoms with Gasteiger partial charge in [0.1, 0.15) is 62.0 Å². The topological polar surface area (TPSA) is 228 Å². The Balaban J connectivity index is 1.85. The fourth-order valence-corrected chi connectivity index (χ4v) is 5.67. The van der Waals surface area contributed by atoms with Gasteiger partial charge in [-0.15, -0.1) is 0 Å². The van der Waals surface area contributed by atoms with Crippen molar-refractivity contribution >= 4 is 17.9 Å². The highest BCUT2D eigenvalue weighted by molar-refractivity contribution is 5.66. The molecule has 15 nitrogen and oxygen atoms in total. The van der Waals surface area contributed by atoms with Crippen molar-refractivity contribution in [3.63, 3.8) is 0 Å². The van der Waals surface area contributed by atoms with E-state index in [0.29, 0.717) is 6.42 Å². The Bertz CT molecular complexity index is 993. The zero-order chi connectivity index (χ0) is 36.3. The third kappa shape index (κ3) is 16.1. The van der Waals surface area contributed by atoms with Gasteiger partial charge in [-0.2, -0.15) is 0 Å². The quantitative estimate of drug-likeness (QED) is 0.0506. The lowest BCUT2D eigenvalue weighted by atomic mass is 9.97. The van der Waals surface area contributed by atoms with Crippen LogP contribution in [0.2, 0.25) is 0 Å². The summed E-state index contributed by atoms with van der Waals surface area (Å²) in [6.45, 7) is 3.35. The van der Waals surface area contributed by atoms with Gasteiger partial charge in [0.05, 0.1) is 6.10 Å². The minimum Gasteiger partial charge on any atom is -0.481 e. The lowest BCUT2D eigenvalue weighted by molar-refractivity contribution is -0.371. The monoisotopic (exact) mass is 706 g/mol. The third-order valence-corrected chi connectivity index (χ3v) is 8.53. The number of carbonyl (C=O) groups excluding carboxylic acids is 2. The molecule has 0 aliphatic carbocycles. The lowest BCUT2D eigenvalue weighted by Gasteiger charge is -2.46. The molecule has 49 heavy (non-hydrogen) atoms. The van der Waals surface area contributed by atoms with E-state index in [2.05, 4.69) is 12.2 Å². The van der Waals surface area contributed by atoms with E-state index in [1.54, 1.807) is 0 Å². The van der Waals surface area contributed by atoms with Crippen molar-refractivity contribution in [1.29, 1.82) is 0 Å². The molecule has 5 unspecified atom stereocenters. The fraction of sp³-hybridized carbons (Fsp3) is 0.853. The number of aliphatic hydroxyl groups excluding tert-OH is 5. The van der Waals surface area contributed by atoms with Gasteiger partial charge >= 0.3 is 17.9 Å². The first kappa shape index (κ1) is 43.0. The summed E-state index contributed by atoms with van der Waals surface area (Å²) in [5, 5.41) is 61.7. The SMILES string of the molecule is CC(=O)OCC1O[C@@H](O[C@H]2C(O)[C@H](O)C(COC(C)=O)O[C@H]2OC(C)CCCCCC/C=C\CCCCCCCC(=O)O)[C@@H](O)C(O)[C@@H]1O. The second-order valence-corrected chi connectivity index (χ2v) is 12.9. The minimum atomic E-state index is -1.78. The number of carboxylic acids is 1. The largest absolute Gasteiger partial charge is 0.481 e. The molecule has 2 heterocycles. The lowest BCUT2D eigenvalue weighted by Crippen LogP contribution is -2.65. The van der Waals surface area contributed by atoms with Crippen LogP contribution in [0.25, 0.3) is 0 Å². The van der Waals surface area contributed by atoms with Gasteiger partial charge in [-0.25, -0.2) is 0 Å². The summed E-state index contributed by atoms with van der Waals surface area (Å²) in [4.78, 5) is 33.2. The van der Waals surface area contributed by atoms with Crippen molar-refractivity contribution in [3.8, 4) is 0 Å². The van der Waals surface area contributed by atoms with Crippen LogP contribution in [-0.2, 0) is 42.8 Å². The van der Waals surface area contributed by atoms with Crippen molar-refractivity contribution < 1.29 is 73.4 Å². The van der Waals surface area contributed by atoms with E-state index in [1.165, 1.54) is 6.92 Å². The van der Waals surface area contributed by atoms with Crippen molar-refractivity contribution in [2.75, 3.05) is 13.2 Å². The fourth-order valence-electron chi connectivity index (χ4n) is 5.67. The van der Waals surface area contributed by atoms with E-state index in [0.717, 1.165) is 77.6 Å². The van der Waals surface area contributed by atoms with Gasteiger partial charge in [-0.05, 0) is 45.4 Å². The molecule has 6 N–H and O–H groups in total. The number of aliphatic carboxylic acids is 1. The zero-order valence-electron chi connectivity index (χ0n) is 29.0. The highest BCUT2D eigenvalue weighted by Crippen LogP contribution is 2.31. The maximum atomic E-state index is 11.4. The Morgan fingerprint density at radius 1 is 0.653 bits per heavy atom. The number of unbranched alkanes of at least 4 members (excludes halogenated alkanes) is 9. The second-order valence-electron chi connectivity index (χ2n) is 12.9. The van der Waals surface area contributed by atoms with Crippen molar-refractivity contribution in [2.45, 2.75) is 172 Å². The smallest absolute Gasteiger partial charge is 0.303 e. The van der Waals surface area contributed by atoms with E-state index < -0.39 is 92.0 Å². The molecule has 0 amide bonds. The molecule has 284 valence electrons. The normalized spacial score (nSPS) is 31.0. The Kier molecular flexibility index (Phi) is 20.4. The first-order valence-corrected chi connectivity index (χ1v) is 17.5. The van der Waals surface area contributed by atoms with Crippen LogP contribution in [0.3, 0.4) is 0 Å². The molecule has 2 fully saturated rings. The molecule has 2 rings (SSSR count). The summed E-state index contributed by atoms with van der Waals surface area (Å²) < 4.78 is 33.3. The maximum absolute atomic E-state index is 11.4. The van der Waals surface area contributed by atoms with E-state index in [4.69, 9.17) is 33.5 Å². The van der Waals surface area contributed by atoms with Crippen LogP contribution in [0.4, 0.5) is 0 Å². The number of aliphatic hydroxyl groups is 5. The summed E-state index contributed by atoms with van der Waals surface area (Å²) >= 11 is 0. The van der Waals surface area contributed by atoms with Gasteiger partial charge in [0, 0.05) is 20.3 Å². The summed E-state index contributed by atoms with van der Waals surface area (Å²) in [5.41, 5.74) is 0. The highest BCUT2D eigenvalue weighted by atomic mass is 16.8. The highest BCUT2D eigenvalue weighted by Gasteiger charge is 2.51. The average molecular weight is 707 g/mol. The third-order valence-electron chi connectivity index (χ3n) is 8.53. The number of carboxylic acid groups (broad SMARTS) is 1. The van der Waals surface area contributed by atoms with E-state index in [9.17, 15) is 39.9 Å². The molecule has 0 aromatic rings. The first-order chi connectivity index (χ1) is 23.3. The van der Waals surface area contributed by atoms with Crippen LogP contribution in [-0.4, -0.2) is 129 Å². The van der Waals surface area contributed by atoms with Gasteiger partial charge in [-0.1, -0.05) is 50.7 Å². The van der Waals surface area contributed by atoms with Gasteiger partial charge in [-0.3, -0.25) is 14.4 Å². The van der Waals surface area contributed by atoms with Gasteiger partial charge < -0.3 is 59.1 Å². The molecule has 0 radical (unpaired) electrons. The van der Waals surface area contributed by atoms with E-state index in [-0.39, 0.29) is 13.0 Å². The molecule has 2 saturated heterocycles. The van der Waals surface area contributed by atoms with Crippen LogP contribution in [0.15, 0.2) is 12.2 Å². The number of hydrogen-bond acceptors (Lipinski definition) is 14. The zero-order valence-corrected chi connectivity index (χ0v) is 29.0. The number of ether oxygens (including phenoxy) is 6. The van der Waals surface area contributed by atoms with E-state index in [1.807, 2.05) is 6.92 Å². The molecule has 0 bridgehead atoms. The molecule has 0 aromatic carbocycles. The number of carbonyl (C=O) groups is 3. The number of esters is 2. The van der Waals surface area contributed by atoms with Crippen LogP contribution < -0.4 is 0 Å². The summed E-state index contributed by atoms with van der Waals surface area (Å²) in [6, 6.07) is 0. The Labute approximate surface area is 288 Å². The molecule has 15 heteroatoms. The summed E-state index contributed by atoms with van der Waals surface area (Å²) in [6.07, 6.45) is 0.603. The molecule has 0 saturated carbocycles. The number of rotatable bonds is 23. The summed E-state index contributed by atoms with van der Waals surface area (Å²) in [7, 11) is 0. The number of allylic oxidation sites excluding steroid dienone is 2. The molecule has 2 aliphatic rings. The van der Waals surface area contributed by atoms with Crippen LogP contribution in [0.5, 0.6) is 0 Å². The number of hydrogen-bond donors (Lipinski definition) is 6. The molecule has 0 spiro atoms.